The minimum atomic E-state index is -4.34. The van der Waals surface area contributed by atoms with Gasteiger partial charge in [0.05, 0.1) is 13.2 Å². The van der Waals surface area contributed by atoms with Crippen LogP contribution in [0.15, 0.2) is 12.2 Å². The van der Waals surface area contributed by atoms with Crippen molar-refractivity contribution in [3.8, 4) is 0 Å². The van der Waals surface area contributed by atoms with E-state index in [9.17, 15) is 19.0 Å². The second-order valence-electron chi connectivity index (χ2n) is 15.2. The Labute approximate surface area is 332 Å². The lowest BCUT2D eigenvalue weighted by Gasteiger charge is -2.20. The molecule has 0 saturated heterocycles. The summed E-state index contributed by atoms with van der Waals surface area (Å²) in [4.78, 5) is 35.0. The fourth-order valence-corrected chi connectivity index (χ4v) is 7.17. The molecule has 9 nitrogen and oxygen atoms in total. The molecule has 0 aromatic rings. The SMILES string of the molecule is CCCC/C=C\CCCCCCCC(=O)OCC(COP(=O)(O)OCCNC)OC(=O)CCCCCCCCCCCCCCCCCCCCCCC. The van der Waals surface area contributed by atoms with Crippen molar-refractivity contribution in [2.45, 2.75) is 225 Å². The number of carbonyl (C=O) groups excluding carboxylic acids is 2. The van der Waals surface area contributed by atoms with Gasteiger partial charge in [-0.05, 0) is 39.2 Å². The molecule has 0 fully saturated rings. The summed E-state index contributed by atoms with van der Waals surface area (Å²) in [6.07, 6.45) is 41.2. The van der Waals surface area contributed by atoms with Crippen LogP contribution in [0.2, 0.25) is 0 Å². The minimum absolute atomic E-state index is 0.0150. The lowest BCUT2D eigenvalue weighted by atomic mass is 10.0. The Balaban J connectivity index is 4.09. The van der Waals surface area contributed by atoms with Gasteiger partial charge in [0.15, 0.2) is 6.10 Å². The van der Waals surface area contributed by atoms with E-state index in [0.29, 0.717) is 13.0 Å². The third-order valence-electron chi connectivity index (χ3n) is 9.89. The monoisotopic (exact) mass is 788 g/mol. The average molecular weight is 788 g/mol. The van der Waals surface area contributed by atoms with E-state index in [2.05, 4.69) is 31.3 Å². The van der Waals surface area contributed by atoms with E-state index in [4.69, 9.17) is 18.5 Å². The van der Waals surface area contributed by atoms with Gasteiger partial charge in [-0.25, -0.2) is 4.57 Å². The van der Waals surface area contributed by atoms with Crippen LogP contribution in [0.4, 0.5) is 0 Å². The van der Waals surface area contributed by atoms with Crippen LogP contribution in [0.5, 0.6) is 0 Å². The summed E-state index contributed by atoms with van der Waals surface area (Å²) in [6.45, 7) is 4.21. The second-order valence-corrected chi connectivity index (χ2v) is 16.7. The van der Waals surface area contributed by atoms with E-state index in [1.165, 1.54) is 128 Å². The predicted molar refractivity (Wildman–Crippen MR) is 225 cm³/mol. The molecule has 2 N–H and O–H groups in total. The fraction of sp³-hybridized carbons (Fsp3) is 0.909. The van der Waals surface area contributed by atoms with E-state index in [0.717, 1.165) is 57.8 Å². The van der Waals surface area contributed by atoms with Crippen LogP contribution in [-0.4, -0.2) is 56.3 Å². The third-order valence-corrected chi connectivity index (χ3v) is 10.9. The van der Waals surface area contributed by atoms with Gasteiger partial charge >= 0.3 is 19.8 Å². The number of unbranched alkanes of at least 4 members (excludes halogenated alkanes) is 27. The first-order valence-corrected chi connectivity index (χ1v) is 24.1. The summed E-state index contributed by atoms with van der Waals surface area (Å²) in [7, 11) is -2.64. The number of hydrogen-bond acceptors (Lipinski definition) is 8. The quantitative estimate of drug-likeness (QED) is 0.0269. The molecule has 0 spiro atoms. The Kier molecular flexibility index (Phi) is 40.4. The molecule has 0 aliphatic rings. The minimum Gasteiger partial charge on any atom is -0.462 e. The third kappa shape index (κ3) is 40.4. The summed E-state index contributed by atoms with van der Waals surface area (Å²) in [5, 5.41) is 2.82. The van der Waals surface area contributed by atoms with E-state index < -0.39 is 26.5 Å². The molecule has 0 saturated carbocycles. The molecule has 0 aromatic heterocycles. The standard InChI is InChI=1S/C44H86NO8P/c1-4-6-8-10-12-14-16-17-18-19-20-21-22-23-24-25-27-29-31-33-35-37-44(47)53-42(41-52-54(48,49)51-39-38-45-3)40-50-43(46)36-34-32-30-28-26-15-13-11-9-7-5-2/h11,13,42,45H,4-10,12,14-41H2,1-3H3,(H,48,49)/b13-11-. The highest BCUT2D eigenvalue weighted by atomic mass is 31.2. The van der Waals surface area contributed by atoms with Gasteiger partial charge in [-0.3, -0.25) is 18.6 Å². The normalized spacial score (nSPS) is 13.3. The molecule has 10 heteroatoms. The lowest BCUT2D eigenvalue weighted by molar-refractivity contribution is -0.161. The predicted octanol–water partition coefficient (Wildman–Crippen LogP) is 12.9. The van der Waals surface area contributed by atoms with Crippen molar-refractivity contribution < 1.29 is 37.6 Å². The van der Waals surface area contributed by atoms with Crippen LogP contribution in [0.3, 0.4) is 0 Å². The molecule has 54 heavy (non-hydrogen) atoms. The number of allylic oxidation sites excluding steroid dienone is 2. The van der Waals surface area contributed by atoms with Crippen molar-refractivity contribution in [1.29, 1.82) is 0 Å². The highest BCUT2D eigenvalue weighted by Crippen LogP contribution is 2.43. The molecular formula is C44H86NO8P. The zero-order chi connectivity index (χ0) is 39.6. The Morgan fingerprint density at radius 3 is 1.43 bits per heavy atom. The molecule has 2 unspecified atom stereocenters. The summed E-state index contributed by atoms with van der Waals surface area (Å²) >= 11 is 0. The molecule has 0 bridgehead atoms. The molecule has 0 heterocycles. The summed E-state index contributed by atoms with van der Waals surface area (Å²) in [6, 6.07) is 0. The Bertz CT molecular complexity index is 902. The summed E-state index contributed by atoms with van der Waals surface area (Å²) < 4.78 is 33.2. The van der Waals surface area contributed by atoms with Gasteiger partial charge in [0.1, 0.15) is 6.61 Å². The molecule has 0 aliphatic carbocycles. The Morgan fingerprint density at radius 1 is 0.556 bits per heavy atom. The van der Waals surface area contributed by atoms with Crippen LogP contribution in [0, 0.1) is 0 Å². The molecule has 0 aromatic carbocycles. The van der Waals surface area contributed by atoms with E-state index in [1.807, 2.05) is 0 Å². The topological polar surface area (TPSA) is 120 Å². The molecule has 0 amide bonds. The number of ether oxygens (including phenoxy) is 2. The lowest BCUT2D eigenvalue weighted by Crippen LogP contribution is -2.29. The molecule has 0 aliphatic heterocycles. The van der Waals surface area contributed by atoms with Gasteiger partial charge in [-0.15, -0.1) is 0 Å². The highest BCUT2D eigenvalue weighted by molar-refractivity contribution is 7.47. The Morgan fingerprint density at radius 2 is 0.963 bits per heavy atom. The fourth-order valence-electron chi connectivity index (χ4n) is 6.42. The smallest absolute Gasteiger partial charge is 0.462 e. The first-order chi connectivity index (χ1) is 26.3. The van der Waals surface area contributed by atoms with Crippen LogP contribution in [0.25, 0.3) is 0 Å². The number of rotatable bonds is 43. The number of phosphoric ester groups is 1. The van der Waals surface area contributed by atoms with Gasteiger partial charge < -0.3 is 19.7 Å². The van der Waals surface area contributed by atoms with Crippen molar-refractivity contribution >= 4 is 19.8 Å². The van der Waals surface area contributed by atoms with Gasteiger partial charge in [-0.2, -0.15) is 0 Å². The number of likely N-dealkylation sites (N-methyl/N-ethyl adjacent to an activating group) is 1. The highest BCUT2D eigenvalue weighted by Gasteiger charge is 2.26. The molecular weight excluding hydrogens is 701 g/mol. The van der Waals surface area contributed by atoms with Crippen molar-refractivity contribution in [2.75, 3.05) is 33.4 Å². The van der Waals surface area contributed by atoms with Crippen LogP contribution < -0.4 is 5.32 Å². The van der Waals surface area contributed by atoms with Crippen molar-refractivity contribution in [3.63, 3.8) is 0 Å². The van der Waals surface area contributed by atoms with Gasteiger partial charge in [0.25, 0.3) is 0 Å². The number of carbonyl (C=O) groups is 2. The van der Waals surface area contributed by atoms with Crippen LogP contribution in [-0.2, 0) is 32.7 Å². The van der Waals surface area contributed by atoms with Crippen molar-refractivity contribution in [3.05, 3.63) is 12.2 Å². The number of esters is 2. The Hall–Kier alpha value is -1.25. The first kappa shape index (κ1) is 52.8. The van der Waals surface area contributed by atoms with Gasteiger partial charge in [0.2, 0.25) is 0 Å². The summed E-state index contributed by atoms with van der Waals surface area (Å²) in [5.74, 6) is -0.807. The number of phosphoric acid groups is 1. The maximum Gasteiger partial charge on any atom is 0.472 e. The second kappa shape index (κ2) is 41.4. The van der Waals surface area contributed by atoms with E-state index in [-0.39, 0.29) is 32.0 Å². The van der Waals surface area contributed by atoms with E-state index >= 15 is 0 Å². The number of nitrogens with one attached hydrogen (secondary N) is 1. The summed E-state index contributed by atoms with van der Waals surface area (Å²) in [5.41, 5.74) is 0. The first-order valence-electron chi connectivity index (χ1n) is 22.6. The maximum atomic E-state index is 12.6. The number of hydrogen-bond donors (Lipinski definition) is 2. The molecule has 2 atom stereocenters. The van der Waals surface area contributed by atoms with Crippen molar-refractivity contribution in [2.24, 2.45) is 0 Å². The van der Waals surface area contributed by atoms with Gasteiger partial charge in [-0.1, -0.05) is 187 Å². The van der Waals surface area contributed by atoms with Crippen LogP contribution in [0.1, 0.15) is 219 Å². The zero-order valence-electron chi connectivity index (χ0n) is 35.4. The molecule has 320 valence electrons. The average Bonchev–Trinajstić information content (AvgIpc) is 3.15. The maximum absolute atomic E-state index is 12.6. The van der Waals surface area contributed by atoms with Crippen molar-refractivity contribution in [1.82, 2.24) is 5.32 Å². The molecule has 0 rings (SSSR count). The van der Waals surface area contributed by atoms with Gasteiger partial charge in [0, 0.05) is 19.4 Å². The van der Waals surface area contributed by atoms with Crippen LogP contribution >= 0.6 is 7.82 Å². The largest absolute Gasteiger partial charge is 0.472 e. The molecule has 0 radical (unpaired) electrons. The zero-order valence-corrected chi connectivity index (χ0v) is 36.3. The van der Waals surface area contributed by atoms with E-state index in [1.54, 1.807) is 7.05 Å².